The quantitative estimate of drug-likeness (QED) is 0.518. The van der Waals surface area contributed by atoms with E-state index in [9.17, 15) is 0 Å². The topological polar surface area (TPSA) is 56.0 Å². The van der Waals surface area contributed by atoms with Crippen molar-refractivity contribution >= 4 is 16.6 Å². The van der Waals surface area contributed by atoms with Gasteiger partial charge in [-0.05, 0) is 6.07 Å². The molecule has 0 N–H and O–H groups in total. The van der Waals surface area contributed by atoms with Gasteiger partial charge in [0.05, 0.1) is 11.7 Å². The van der Waals surface area contributed by atoms with Gasteiger partial charge in [0.2, 0.25) is 0 Å². The van der Waals surface area contributed by atoms with E-state index >= 15 is 0 Å². The molecule has 4 rings (SSSR count). The van der Waals surface area contributed by atoms with Crippen LogP contribution in [0.25, 0.3) is 27.9 Å². The van der Waals surface area contributed by atoms with Crippen molar-refractivity contribution in [2.45, 2.75) is 0 Å². The third-order valence-corrected chi connectivity index (χ3v) is 3.01. The molecule has 0 spiro atoms. The lowest BCUT2D eigenvalue weighted by atomic mass is 10.2. The summed E-state index contributed by atoms with van der Waals surface area (Å²) in [6, 6.07) is 11.8. The molecule has 1 aromatic carbocycles. The van der Waals surface area contributed by atoms with Gasteiger partial charge in [0.15, 0.2) is 11.5 Å². The van der Waals surface area contributed by atoms with Gasteiger partial charge in [-0.3, -0.25) is 4.98 Å². The average molecular weight is 247 g/mol. The monoisotopic (exact) mass is 247 g/mol. The summed E-state index contributed by atoms with van der Waals surface area (Å²) in [5.41, 5.74) is 2.61. The molecule has 3 heterocycles. The predicted molar refractivity (Wildman–Crippen MR) is 71.5 cm³/mol. The van der Waals surface area contributed by atoms with E-state index in [4.69, 9.17) is 0 Å². The van der Waals surface area contributed by atoms with Crippen LogP contribution in [-0.2, 0) is 0 Å². The second-order valence-electron chi connectivity index (χ2n) is 4.21. The van der Waals surface area contributed by atoms with E-state index in [0.29, 0.717) is 5.82 Å². The molecular formula is C14H9N5. The number of hydrogen-bond donors (Lipinski definition) is 0. The van der Waals surface area contributed by atoms with Crippen LogP contribution in [0.3, 0.4) is 0 Å². The van der Waals surface area contributed by atoms with Crippen LogP contribution in [0.5, 0.6) is 0 Å². The summed E-state index contributed by atoms with van der Waals surface area (Å²) in [5, 5.41) is 5.41. The van der Waals surface area contributed by atoms with Gasteiger partial charge in [0.1, 0.15) is 6.33 Å². The highest BCUT2D eigenvalue weighted by molar-refractivity contribution is 5.90. The summed E-state index contributed by atoms with van der Waals surface area (Å²) in [5.74, 6) is 0.701. The Morgan fingerprint density at radius 1 is 1.00 bits per heavy atom. The van der Waals surface area contributed by atoms with Crippen LogP contribution >= 0.6 is 0 Å². The molecule has 0 aliphatic heterocycles. The van der Waals surface area contributed by atoms with Crippen LogP contribution < -0.4 is 0 Å². The van der Waals surface area contributed by atoms with Gasteiger partial charge < -0.3 is 0 Å². The maximum absolute atomic E-state index is 4.60. The predicted octanol–water partition coefficient (Wildman–Crippen LogP) is 2.34. The summed E-state index contributed by atoms with van der Waals surface area (Å²) in [6.07, 6.45) is 5.13. The van der Waals surface area contributed by atoms with Crippen molar-refractivity contribution in [2.75, 3.05) is 0 Å². The fraction of sp³-hybridized carbons (Fsp3) is 0. The molecule has 0 unspecified atom stereocenters. The van der Waals surface area contributed by atoms with Gasteiger partial charge in [-0.2, -0.15) is 0 Å². The highest BCUT2D eigenvalue weighted by Gasteiger charge is 2.09. The van der Waals surface area contributed by atoms with Crippen molar-refractivity contribution in [1.29, 1.82) is 0 Å². The van der Waals surface area contributed by atoms with Crippen molar-refractivity contribution in [2.24, 2.45) is 0 Å². The summed E-state index contributed by atoms with van der Waals surface area (Å²) < 4.78 is 1.70. The molecule has 0 aliphatic carbocycles. The van der Waals surface area contributed by atoms with E-state index in [1.54, 1.807) is 23.2 Å². The van der Waals surface area contributed by atoms with Gasteiger partial charge in [-0.15, -0.1) is 5.10 Å². The van der Waals surface area contributed by atoms with Gasteiger partial charge in [-0.25, -0.2) is 14.5 Å². The molecule has 0 atom stereocenters. The number of benzene rings is 1. The first kappa shape index (κ1) is 10.1. The van der Waals surface area contributed by atoms with Crippen LogP contribution in [-0.4, -0.2) is 24.6 Å². The van der Waals surface area contributed by atoms with Crippen molar-refractivity contribution in [3.05, 3.63) is 55.1 Å². The van der Waals surface area contributed by atoms with Crippen LogP contribution in [0.1, 0.15) is 0 Å². The largest absolute Gasteiger partial charge is 0.262 e. The van der Waals surface area contributed by atoms with Crippen molar-refractivity contribution in [3.8, 4) is 11.4 Å². The third kappa shape index (κ3) is 1.55. The highest BCUT2D eigenvalue weighted by Crippen LogP contribution is 2.19. The molecule has 4 aromatic rings. The molecule has 0 saturated heterocycles. The summed E-state index contributed by atoms with van der Waals surface area (Å²) in [6.45, 7) is 0. The third-order valence-electron chi connectivity index (χ3n) is 3.01. The maximum Gasteiger partial charge on any atom is 0.182 e. The second kappa shape index (κ2) is 3.84. The summed E-state index contributed by atoms with van der Waals surface area (Å²) in [7, 11) is 0. The Morgan fingerprint density at radius 3 is 2.79 bits per heavy atom. The molecule has 0 aliphatic rings. The fourth-order valence-electron chi connectivity index (χ4n) is 2.09. The smallest absolute Gasteiger partial charge is 0.182 e. The lowest BCUT2D eigenvalue weighted by Crippen LogP contribution is -1.91. The van der Waals surface area contributed by atoms with Crippen molar-refractivity contribution in [1.82, 2.24) is 24.6 Å². The first-order valence-corrected chi connectivity index (χ1v) is 5.92. The molecule has 90 valence electrons. The summed E-state index contributed by atoms with van der Waals surface area (Å²) >= 11 is 0. The number of rotatable bonds is 1. The van der Waals surface area contributed by atoms with Crippen LogP contribution in [0.2, 0.25) is 0 Å². The Kier molecular flexibility index (Phi) is 2.05. The van der Waals surface area contributed by atoms with Crippen molar-refractivity contribution in [3.63, 3.8) is 0 Å². The van der Waals surface area contributed by atoms with E-state index < -0.39 is 0 Å². The lowest BCUT2D eigenvalue weighted by Gasteiger charge is -1.95. The maximum atomic E-state index is 4.60. The first-order chi connectivity index (χ1) is 9.42. The Balaban J connectivity index is 2.04. The number of hydrogen-bond acceptors (Lipinski definition) is 4. The molecule has 0 fully saturated rings. The summed E-state index contributed by atoms with van der Waals surface area (Å²) in [4.78, 5) is 13.0. The molecule has 0 amide bonds. The molecular weight excluding hydrogens is 238 g/mol. The normalized spacial score (nSPS) is 11.2. The zero-order valence-corrected chi connectivity index (χ0v) is 9.93. The first-order valence-electron chi connectivity index (χ1n) is 5.92. The van der Waals surface area contributed by atoms with Gasteiger partial charge >= 0.3 is 0 Å². The Labute approximate surface area is 108 Å². The average Bonchev–Trinajstić information content (AvgIpc) is 2.93. The van der Waals surface area contributed by atoms with Gasteiger partial charge in [0, 0.05) is 17.1 Å². The number of aromatic nitrogens is 5. The lowest BCUT2D eigenvalue weighted by molar-refractivity contribution is 0.937. The van der Waals surface area contributed by atoms with Crippen LogP contribution in [0, 0.1) is 0 Å². The second-order valence-corrected chi connectivity index (χ2v) is 4.21. The van der Waals surface area contributed by atoms with E-state index in [2.05, 4.69) is 20.1 Å². The van der Waals surface area contributed by atoms with Crippen molar-refractivity contribution < 1.29 is 0 Å². The molecule has 0 bridgehead atoms. The van der Waals surface area contributed by atoms with E-state index in [0.717, 1.165) is 22.1 Å². The Bertz CT molecular complexity index is 867. The molecule has 5 nitrogen and oxygen atoms in total. The number of fused-ring (bicyclic) bond motifs is 3. The minimum absolute atomic E-state index is 0.701. The van der Waals surface area contributed by atoms with E-state index in [-0.39, 0.29) is 0 Å². The van der Waals surface area contributed by atoms with Crippen LogP contribution in [0.4, 0.5) is 0 Å². The molecule has 0 saturated carbocycles. The number of pyridine rings is 1. The molecule has 3 aromatic heterocycles. The highest BCUT2D eigenvalue weighted by atomic mass is 15.3. The minimum atomic E-state index is 0.701. The standard InChI is InChI=1S/C14H9N5/c1-2-4-10(5-3-1)13-17-14-11-6-7-15-8-12(11)16-9-19(14)18-13/h1-9H. The zero-order valence-electron chi connectivity index (χ0n) is 9.93. The molecule has 0 radical (unpaired) electrons. The Morgan fingerprint density at radius 2 is 1.89 bits per heavy atom. The minimum Gasteiger partial charge on any atom is -0.262 e. The van der Waals surface area contributed by atoms with Gasteiger partial charge in [-0.1, -0.05) is 30.3 Å². The van der Waals surface area contributed by atoms with Crippen LogP contribution in [0.15, 0.2) is 55.1 Å². The van der Waals surface area contributed by atoms with E-state index in [1.807, 2.05) is 36.4 Å². The molecule has 19 heavy (non-hydrogen) atoms. The SMILES string of the molecule is c1ccc(-c2nc3c4ccncc4ncn3n2)cc1. The fourth-order valence-corrected chi connectivity index (χ4v) is 2.09. The molecule has 5 heteroatoms. The van der Waals surface area contributed by atoms with Gasteiger partial charge in [0.25, 0.3) is 0 Å². The zero-order chi connectivity index (χ0) is 12.7. The number of nitrogens with zero attached hydrogens (tertiary/aromatic N) is 5. The Hall–Kier alpha value is -2.82. The van der Waals surface area contributed by atoms with E-state index in [1.165, 1.54) is 0 Å².